The molecule has 1 fully saturated rings. The van der Waals surface area contributed by atoms with Crippen LogP contribution in [0.2, 0.25) is 5.02 Å². The van der Waals surface area contributed by atoms with Crippen LogP contribution in [0.1, 0.15) is 12.8 Å². The smallest absolute Gasteiger partial charge is 0.318 e. The number of hydrogen-bond acceptors (Lipinski definition) is 6. The summed E-state index contributed by atoms with van der Waals surface area (Å²) in [5.41, 5.74) is -0.185. The van der Waals surface area contributed by atoms with Crippen molar-refractivity contribution in [1.29, 1.82) is 0 Å². The van der Waals surface area contributed by atoms with E-state index in [1.165, 1.54) is 19.6 Å². The fourth-order valence-corrected chi connectivity index (χ4v) is 3.61. The zero-order valence-electron chi connectivity index (χ0n) is 10.8. The van der Waals surface area contributed by atoms with Crippen LogP contribution in [-0.4, -0.2) is 44.0 Å². The second-order valence-corrected chi connectivity index (χ2v) is 7.52. The van der Waals surface area contributed by atoms with E-state index in [-0.39, 0.29) is 17.2 Å². The number of rotatable bonds is 6. The summed E-state index contributed by atoms with van der Waals surface area (Å²) in [6, 6.07) is 0.222. The predicted octanol–water partition coefficient (Wildman–Crippen LogP) is 1.38. The SMILES string of the molecule is COc1ncc(Cl)c(NCC2(CS(C)(=O)=O)CC2)n1. The average Bonchev–Trinajstić information content (AvgIpc) is 3.06. The van der Waals surface area contributed by atoms with Crippen molar-refractivity contribution in [2.24, 2.45) is 5.41 Å². The van der Waals surface area contributed by atoms with Gasteiger partial charge in [0.05, 0.1) is 19.1 Å². The Balaban J connectivity index is 2.03. The zero-order chi connectivity index (χ0) is 14.1. The molecule has 1 N–H and O–H groups in total. The summed E-state index contributed by atoms with van der Waals surface area (Å²) in [5.74, 6) is 0.653. The van der Waals surface area contributed by atoms with Crippen LogP contribution in [0, 0.1) is 5.41 Å². The van der Waals surface area contributed by atoms with E-state index in [4.69, 9.17) is 16.3 Å². The second kappa shape index (κ2) is 5.13. The van der Waals surface area contributed by atoms with Gasteiger partial charge in [-0.15, -0.1) is 0 Å². The molecule has 1 aromatic heterocycles. The monoisotopic (exact) mass is 305 g/mol. The number of nitrogens with zero attached hydrogens (tertiary/aromatic N) is 2. The molecular formula is C11H16ClN3O3S. The highest BCUT2D eigenvalue weighted by Crippen LogP contribution is 2.46. The molecule has 0 spiro atoms. The van der Waals surface area contributed by atoms with E-state index in [0.717, 1.165) is 12.8 Å². The molecule has 19 heavy (non-hydrogen) atoms. The molecule has 2 rings (SSSR count). The number of aromatic nitrogens is 2. The van der Waals surface area contributed by atoms with Crippen LogP contribution in [0.15, 0.2) is 6.20 Å². The molecule has 0 saturated heterocycles. The Morgan fingerprint density at radius 3 is 2.74 bits per heavy atom. The van der Waals surface area contributed by atoms with E-state index >= 15 is 0 Å². The Labute approximate surface area is 117 Å². The molecule has 0 aliphatic heterocycles. The zero-order valence-corrected chi connectivity index (χ0v) is 12.4. The number of sulfone groups is 1. The molecule has 0 atom stereocenters. The lowest BCUT2D eigenvalue weighted by atomic mass is 10.1. The fourth-order valence-electron chi connectivity index (χ4n) is 1.95. The third-order valence-corrected chi connectivity index (χ3v) is 4.47. The van der Waals surface area contributed by atoms with Gasteiger partial charge in [-0.3, -0.25) is 0 Å². The van der Waals surface area contributed by atoms with Crippen molar-refractivity contribution in [3.63, 3.8) is 0 Å². The van der Waals surface area contributed by atoms with E-state index in [9.17, 15) is 8.42 Å². The van der Waals surface area contributed by atoms with Gasteiger partial charge in [0.1, 0.15) is 14.9 Å². The fraction of sp³-hybridized carbons (Fsp3) is 0.636. The molecule has 0 aromatic carbocycles. The highest BCUT2D eigenvalue weighted by Gasteiger charge is 2.45. The molecule has 0 amide bonds. The van der Waals surface area contributed by atoms with Gasteiger partial charge in [-0.25, -0.2) is 13.4 Å². The third kappa shape index (κ3) is 3.94. The topological polar surface area (TPSA) is 81.2 Å². The first kappa shape index (κ1) is 14.3. The lowest BCUT2D eigenvalue weighted by Crippen LogP contribution is -2.24. The lowest BCUT2D eigenvalue weighted by Gasteiger charge is -2.16. The number of nitrogens with one attached hydrogen (secondary N) is 1. The maximum atomic E-state index is 11.4. The summed E-state index contributed by atoms with van der Waals surface area (Å²) < 4.78 is 27.7. The van der Waals surface area contributed by atoms with Crippen molar-refractivity contribution >= 4 is 27.3 Å². The minimum absolute atomic E-state index is 0.185. The summed E-state index contributed by atoms with van der Waals surface area (Å²) in [7, 11) is -1.51. The normalized spacial score (nSPS) is 17.0. The van der Waals surface area contributed by atoms with Gasteiger partial charge in [0.2, 0.25) is 0 Å². The Bertz CT molecular complexity index is 573. The quantitative estimate of drug-likeness (QED) is 0.855. The molecule has 0 bridgehead atoms. The first-order valence-electron chi connectivity index (χ1n) is 5.82. The highest BCUT2D eigenvalue weighted by atomic mass is 35.5. The van der Waals surface area contributed by atoms with Gasteiger partial charge in [-0.05, 0) is 12.8 Å². The number of anilines is 1. The van der Waals surface area contributed by atoms with Gasteiger partial charge in [0.15, 0.2) is 5.82 Å². The molecule has 1 aliphatic rings. The molecular weight excluding hydrogens is 290 g/mol. The van der Waals surface area contributed by atoms with Crippen LogP contribution in [0.3, 0.4) is 0 Å². The largest absolute Gasteiger partial charge is 0.467 e. The Kier molecular flexibility index (Phi) is 3.87. The number of hydrogen-bond donors (Lipinski definition) is 1. The minimum Gasteiger partial charge on any atom is -0.467 e. The van der Waals surface area contributed by atoms with Crippen molar-refractivity contribution in [1.82, 2.24) is 9.97 Å². The average molecular weight is 306 g/mol. The molecule has 1 saturated carbocycles. The molecule has 0 radical (unpaired) electrons. The molecule has 1 aliphatic carbocycles. The summed E-state index contributed by atoms with van der Waals surface area (Å²) in [4.78, 5) is 7.97. The van der Waals surface area contributed by atoms with Crippen molar-refractivity contribution in [3.05, 3.63) is 11.2 Å². The predicted molar refractivity (Wildman–Crippen MR) is 73.5 cm³/mol. The van der Waals surface area contributed by atoms with Crippen molar-refractivity contribution in [2.75, 3.05) is 31.0 Å². The van der Waals surface area contributed by atoms with Gasteiger partial charge < -0.3 is 10.1 Å². The van der Waals surface area contributed by atoms with E-state index in [1.54, 1.807) is 0 Å². The van der Waals surface area contributed by atoms with E-state index in [1.807, 2.05) is 0 Å². The van der Waals surface area contributed by atoms with Crippen LogP contribution >= 0.6 is 11.6 Å². The summed E-state index contributed by atoms with van der Waals surface area (Å²) in [6.07, 6.45) is 4.50. The molecule has 6 nitrogen and oxygen atoms in total. The summed E-state index contributed by atoms with van der Waals surface area (Å²) >= 11 is 5.97. The van der Waals surface area contributed by atoms with Gasteiger partial charge >= 0.3 is 6.01 Å². The maximum absolute atomic E-state index is 11.4. The van der Waals surface area contributed by atoms with Crippen LogP contribution in [0.5, 0.6) is 6.01 Å². The Morgan fingerprint density at radius 2 is 2.21 bits per heavy atom. The van der Waals surface area contributed by atoms with Gasteiger partial charge in [-0.2, -0.15) is 4.98 Å². The van der Waals surface area contributed by atoms with Gasteiger partial charge in [0.25, 0.3) is 0 Å². The Hall–Kier alpha value is -1.08. The second-order valence-electron chi connectivity index (χ2n) is 4.98. The number of ether oxygens (including phenoxy) is 1. The van der Waals surface area contributed by atoms with Crippen molar-refractivity contribution in [3.8, 4) is 6.01 Å². The van der Waals surface area contributed by atoms with Crippen LogP contribution in [0.4, 0.5) is 5.82 Å². The molecule has 8 heteroatoms. The number of methoxy groups -OCH3 is 1. The molecule has 1 heterocycles. The van der Waals surface area contributed by atoms with Crippen molar-refractivity contribution in [2.45, 2.75) is 12.8 Å². The van der Waals surface area contributed by atoms with E-state index in [0.29, 0.717) is 17.4 Å². The lowest BCUT2D eigenvalue weighted by molar-refractivity contribution is 0.380. The van der Waals surface area contributed by atoms with Crippen LogP contribution in [-0.2, 0) is 9.84 Å². The van der Waals surface area contributed by atoms with E-state index < -0.39 is 9.84 Å². The first-order chi connectivity index (χ1) is 8.84. The molecule has 106 valence electrons. The molecule has 0 unspecified atom stereocenters. The van der Waals surface area contributed by atoms with Crippen molar-refractivity contribution < 1.29 is 13.2 Å². The van der Waals surface area contributed by atoms with Gasteiger partial charge in [0, 0.05) is 18.2 Å². The van der Waals surface area contributed by atoms with Crippen LogP contribution in [0.25, 0.3) is 0 Å². The van der Waals surface area contributed by atoms with Crippen LogP contribution < -0.4 is 10.1 Å². The number of halogens is 1. The minimum atomic E-state index is -2.98. The highest BCUT2D eigenvalue weighted by molar-refractivity contribution is 7.90. The maximum Gasteiger partial charge on any atom is 0.318 e. The van der Waals surface area contributed by atoms with Gasteiger partial charge in [-0.1, -0.05) is 11.6 Å². The standard InChI is InChI=1S/C11H16ClN3O3S/c1-18-10-13-5-8(12)9(15-10)14-6-11(3-4-11)7-19(2,16)17/h5H,3-4,6-7H2,1-2H3,(H,13,14,15). The van der Waals surface area contributed by atoms with E-state index in [2.05, 4.69) is 15.3 Å². The first-order valence-corrected chi connectivity index (χ1v) is 8.26. The Morgan fingerprint density at radius 1 is 1.53 bits per heavy atom. The summed E-state index contributed by atoms with van der Waals surface area (Å²) in [5, 5.41) is 3.47. The third-order valence-electron chi connectivity index (χ3n) is 3.06. The summed E-state index contributed by atoms with van der Waals surface area (Å²) in [6.45, 7) is 0.528. The molecule has 1 aromatic rings.